The molecule has 0 saturated carbocycles. The minimum absolute atomic E-state index is 0.0561. The Morgan fingerprint density at radius 2 is 1.68 bits per heavy atom. The van der Waals surface area contributed by atoms with E-state index in [0.717, 1.165) is 16.3 Å². The van der Waals surface area contributed by atoms with Crippen molar-refractivity contribution in [1.29, 1.82) is 0 Å². The quantitative estimate of drug-likeness (QED) is 0.252. The van der Waals surface area contributed by atoms with Gasteiger partial charge < -0.3 is 13.9 Å². The predicted octanol–water partition coefficient (Wildman–Crippen LogP) is 4.52. The Hall–Kier alpha value is -3.66. The number of esters is 2. The van der Waals surface area contributed by atoms with Crippen molar-refractivity contribution in [3.05, 3.63) is 59.6 Å². The molecule has 0 aliphatic rings. The van der Waals surface area contributed by atoms with E-state index >= 15 is 0 Å². The van der Waals surface area contributed by atoms with Gasteiger partial charge in [-0.3, -0.25) is 10.1 Å². The number of carbonyl (C=O) groups excluding carboxylic acids is 3. The first-order chi connectivity index (χ1) is 16.4. The molecular formula is C24H25N3O6S. The van der Waals surface area contributed by atoms with Crippen LogP contribution in [-0.4, -0.2) is 46.8 Å². The molecule has 0 aliphatic heterocycles. The van der Waals surface area contributed by atoms with Gasteiger partial charge in [-0.25, -0.2) is 19.6 Å². The van der Waals surface area contributed by atoms with Crippen LogP contribution in [0.1, 0.15) is 46.7 Å². The third-order valence-electron chi connectivity index (χ3n) is 4.59. The van der Waals surface area contributed by atoms with Crippen LogP contribution in [0.25, 0.3) is 11.3 Å². The molecule has 0 atom stereocenters. The Balaban J connectivity index is 1.66. The fourth-order valence-corrected chi connectivity index (χ4v) is 3.92. The molecule has 2 heterocycles. The third-order valence-corrected chi connectivity index (χ3v) is 5.51. The number of benzene rings is 1. The largest absolute Gasteiger partial charge is 0.462 e. The van der Waals surface area contributed by atoms with E-state index in [-0.39, 0.29) is 48.3 Å². The molecule has 0 saturated heterocycles. The van der Waals surface area contributed by atoms with Crippen molar-refractivity contribution in [2.45, 2.75) is 32.2 Å². The summed E-state index contributed by atoms with van der Waals surface area (Å²) >= 11 is 1.40. The van der Waals surface area contributed by atoms with Crippen LogP contribution in [0.3, 0.4) is 0 Å². The van der Waals surface area contributed by atoms with Crippen molar-refractivity contribution in [3.8, 4) is 11.3 Å². The molecule has 9 nitrogen and oxygen atoms in total. The Labute approximate surface area is 201 Å². The Kier molecular flexibility index (Phi) is 8.80. The second-order valence-electron chi connectivity index (χ2n) is 6.93. The van der Waals surface area contributed by atoms with E-state index < -0.39 is 11.9 Å². The maximum atomic E-state index is 12.6. The molecule has 1 N–H and O–H groups in total. The lowest BCUT2D eigenvalue weighted by molar-refractivity contribution is -0.115. The second kappa shape index (κ2) is 12.0. The van der Waals surface area contributed by atoms with Crippen LogP contribution in [0.4, 0.5) is 5.88 Å². The number of furan rings is 1. The maximum absolute atomic E-state index is 12.6. The molecule has 0 aliphatic carbocycles. The number of anilines is 1. The van der Waals surface area contributed by atoms with Crippen molar-refractivity contribution < 1.29 is 28.3 Å². The summed E-state index contributed by atoms with van der Waals surface area (Å²) in [5, 5.41) is 3.30. The first kappa shape index (κ1) is 25.0. The number of ether oxygens (including phenoxy) is 2. The number of thioether (sulfide) groups is 1. The van der Waals surface area contributed by atoms with E-state index in [0.29, 0.717) is 5.75 Å². The second-order valence-corrected chi connectivity index (χ2v) is 8.05. The lowest BCUT2D eigenvalue weighted by Crippen LogP contribution is -2.17. The summed E-state index contributed by atoms with van der Waals surface area (Å²) in [5.41, 5.74) is 1.56. The Morgan fingerprint density at radius 3 is 2.35 bits per heavy atom. The highest BCUT2D eigenvalue weighted by Crippen LogP contribution is 2.29. The van der Waals surface area contributed by atoms with Crippen molar-refractivity contribution in [3.63, 3.8) is 0 Å². The predicted molar refractivity (Wildman–Crippen MR) is 127 cm³/mol. The lowest BCUT2D eigenvalue weighted by Gasteiger charge is -2.07. The monoisotopic (exact) mass is 483 g/mol. The minimum atomic E-state index is -0.776. The third kappa shape index (κ3) is 6.22. The number of amides is 1. The zero-order valence-corrected chi connectivity index (χ0v) is 19.9. The molecule has 10 heteroatoms. The molecule has 0 fully saturated rings. The Bertz CT molecular complexity index is 1160. The van der Waals surface area contributed by atoms with Gasteiger partial charge in [0.05, 0.1) is 23.9 Å². The van der Waals surface area contributed by atoms with Crippen molar-refractivity contribution >= 4 is 35.5 Å². The van der Waals surface area contributed by atoms with E-state index in [2.05, 4.69) is 15.3 Å². The van der Waals surface area contributed by atoms with Crippen LogP contribution in [0.15, 0.2) is 52.2 Å². The summed E-state index contributed by atoms with van der Waals surface area (Å²) in [5.74, 6) is -1.44. The highest BCUT2D eigenvalue weighted by Gasteiger charge is 2.31. The molecule has 3 aromatic rings. The molecule has 0 spiro atoms. The molecule has 1 aromatic carbocycles. The fraction of sp³-hybridized carbons (Fsp3) is 0.292. The van der Waals surface area contributed by atoms with Gasteiger partial charge in [0.15, 0.2) is 0 Å². The van der Waals surface area contributed by atoms with Gasteiger partial charge >= 0.3 is 11.9 Å². The van der Waals surface area contributed by atoms with Gasteiger partial charge in [-0.2, -0.15) is 0 Å². The summed E-state index contributed by atoms with van der Waals surface area (Å²) in [6.45, 7) is 5.03. The number of aryl methyl sites for hydroxylation is 1. The van der Waals surface area contributed by atoms with Crippen LogP contribution < -0.4 is 5.32 Å². The van der Waals surface area contributed by atoms with Gasteiger partial charge in [-0.05, 0) is 26.8 Å². The standard InChI is InChI=1S/C24H25N3O6S/c1-4-31-23(29)20-15(3)33-22(21(20)24(30)32-5-2)27-18(28)11-12-34-19-13-17(25-14-26-19)16-9-7-6-8-10-16/h6-10,13-14H,4-5,11-12H2,1-3H3,(H,27,28). The fourth-order valence-electron chi connectivity index (χ4n) is 3.10. The maximum Gasteiger partial charge on any atom is 0.344 e. The van der Waals surface area contributed by atoms with E-state index in [9.17, 15) is 14.4 Å². The van der Waals surface area contributed by atoms with E-state index in [4.69, 9.17) is 13.9 Å². The van der Waals surface area contributed by atoms with Crippen molar-refractivity contribution in [1.82, 2.24) is 9.97 Å². The van der Waals surface area contributed by atoms with Crippen LogP contribution in [0.5, 0.6) is 0 Å². The normalized spacial score (nSPS) is 10.6. The topological polar surface area (TPSA) is 121 Å². The minimum Gasteiger partial charge on any atom is -0.462 e. The molecule has 178 valence electrons. The van der Waals surface area contributed by atoms with Crippen LogP contribution >= 0.6 is 11.8 Å². The highest BCUT2D eigenvalue weighted by atomic mass is 32.2. The van der Waals surface area contributed by atoms with E-state index in [1.165, 1.54) is 25.0 Å². The SMILES string of the molecule is CCOC(=O)c1c(C)oc(NC(=O)CCSc2cc(-c3ccccc3)ncn2)c1C(=O)OCC. The van der Waals surface area contributed by atoms with E-state index in [1.54, 1.807) is 13.8 Å². The molecule has 2 aromatic heterocycles. The molecule has 0 bridgehead atoms. The van der Waals surface area contributed by atoms with Gasteiger partial charge in [0, 0.05) is 17.7 Å². The first-order valence-corrected chi connectivity index (χ1v) is 11.7. The number of carbonyl (C=O) groups is 3. The van der Waals surface area contributed by atoms with Gasteiger partial charge in [-0.15, -0.1) is 11.8 Å². The van der Waals surface area contributed by atoms with E-state index in [1.807, 2.05) is 36.4 Å². The number of nitrogens with zero attached hydrogens (tertiary/aromatic N) is 2. The molecule has 0 radical (unpaired) electrons. The number of rotatable bonds is 10. The zero-order chi connectivity index (χ0) is 24.5. The lowest BCUT2D eigenvalue weighted by atomic mass is 10.1. The number of hydrogen-bond acceptors (Lipinski definition) is 9. The summed E-state index contributed by atoms with van der Waals surface area (Å²) in [7, 11) is 0. The van der Waals surface area contributed by atoms with Gasteiger partial charge in [0.2, 0.25) is 11.8 Å². The number of hydrogen-bond donors (Lipinski definition) is 1. The Morgan fingerprint density at radius 1 is 1.00 bits per heavy atom. The van der Waals surface area contributed by atoms with Crippen LogP contribution in [0, 0.1) is 6.92 Å². The van der Waals surface area contributed by atoms with Crippen LogP contribution in [0.2, 0.25) is 0 Å². The average Bonchev–Trinajstić information content (AvgIpc) is 3.15. The number of nitrogens with one attached hydrogen (secondary N) is 1. The smallest absolute Gasteiger partial charge is 0.344 e. The first-order valence-electron chi connectivity index (χ1n) is 10.7. The summed E-state index contributed by atoms with van der Waals surface area (Å²) < 4.78 is 15.6. The molecule has 0 unspecified atom stereocenters. The zero-order valence-electron chi connectivity index (χ0n) is 19.1. The van der Waals surface area contributed by atoms with Crippen molar-refractivity contribution in [2.24, 2.45) is 0 Å². The molecule has 34 heavy (non-hydrogen) atoms. The molecular weight excluding hydrogens is 458 g/mol. The van der Waals surface area contributed by atoms with Crippen molar-refractivity contribution in [2.75, 3.05) is 24.3 Å². The molecule has 1 amide bonds. The highest BCUT2D eigenvalue weighted by molar-refractivity contribution is 7.99. The molecule has 3 rings (SSSR count). The summed E-state index contributed by atoms with van der Waals surface area (Å²) in [6.07, 6.45) is 1.60. The summed E-state index contributed by atoms with van der Waals surface area (Å²) in [4.78, 5) is 45.9. The summed E-state index contributed by atoms with van der Waals surface area (Å²) in [6, 6.07) is 11.6. The average molecular weight is 484 g/mol. The van der Waals surface area contributed by atoms with Gasteiger partial charge in [0.1, 0.15) is 23.2 Å². The van der Waals surface area contributed by atoms with Gasteiger partial charge in [0.25, 0.3) is 0 Å². The number of aromatic nitrogens is 2. The van der Waals surface area contributed by atoms with Gasteiger partial charge in [-0.1, -0.05) is 30.3 Å². The van der Waals surface area contributed by atoms with Crippen LogP contribution in [-0.2, 0) is 14.3 Å².